The van der Waals surface area contributed by atoms with Gasteiger partial charge in [0.2, 0.25) is 0 Å². The highest BCUT2D eigenvalue weighted by Crippen LogP contribution is 2.31. The van der Waals surface area contributed by atoms with Crippen LogP contribution in [0.3, 0.4) is 0 Å². The molecule has 2 heteroatoms. The number of unbranched alkanes of at least 4 members (excludes halogenated alkanes) is 1. The summed E-state index contributed by atoms with van der Waals surface area (Å²) >= 11 is 0. The Labute approximate surface area is 110 Å². The van der Waals surface area contributed by atoms with Crippen LogP contribution in [0, 0.1) is 5.41 Å². The molecular formula is C16H24O2. The van der Waals surface area contributed by atoms with Gasteiger partial charge in [0.25, 0.3) is 0 Å². The molecule has 0 spiro atoms. The van der Waals surface area contributed by atoms with Crippen LogP contribution in [0.1, 0.15) is 57.9 Å². The largest absolute Gasteiger partial charge is 0.472 e. The third-order valence-electron chi connectivity index (χ3n) is 3.51. The summed E-state index contributed by atoms with van der Waals surface area (Å²) in [4.78, 5) is 10.8. The van der Waals surface area contributed by atoms with Gasteiger partial charge in [-0.3, -0.25) is 0 Å². The van der Waals surface area contributed by atoms with Gasteiger partial charge >= 0.3 is 0 Å². The lowest BCUT2D eigenvalue weighted by Crippen LogP contribution is -2.14. The molecule has 0 aliphatic heterocycles. The predicted molar refractivity (Wildman–Crippen MR) is 74.6 cm³/mol. The number of carbonyl (C=O) groups excluding carboxylic acids is 1. The second-order valence-corrected chi connectivity index (χ2v) is 5.33. The quantitative estimate of drug-likeness (QED) is 0.492. The summed E-state index contributed by atoms with van der Waals surface area (Å²) in [6, 6.07) is 1.98. The van der Waals surface area contributed by atoms with E-state index in [1.807, 2.05) is 6.07 Å². The van der Waals surface area contributed by atoms with Gasteiger partial charge < -0.3 is 9.21 Å². The van der Waals surface area contributed by atoms with Crippen molar-refractivity contribution in [1.29, 1.82) is 0 Å². The van der Waals surface area contributed by atoms with Crippen LogP contribution < -0.4 is 0 Å². The molecule has 0 radical (unpaired) electrons. The zero-order valence-corrected chi connectivity index (χ0v) is 11.7. The Kier molecular flexibility index (Phi) is 5.90. The Morgan fingerprint density at radius 2 is 2.28 bits per heavy atom. The maximum atomic E-state index is 10.8. The summed E-state index contributed by atoms with van der Waals surface area (Å²) in [7, 11) is 0. The van der Waals surface area contributed by atoms with Crippen LogP contribution in [0.25, 0.3) is 0 Å². The summed E-state index contributed by atoms with van der Waals surface area (Å²) < 4.78 is 5.09. The first kappa shape index (κ1) is 14.7. The van der Waals surface area contributed by atoms with Gasteiger partial charge in [0.05, 0.1) is 12.5 Å². The molecule has 1 heterocycles. The number of carbonyl (C=O) groups is 1. The van der Waals surface area contributed by atoms with E-state index in [0.29, 0.717) is 12.3 Å². The number of furan rings is 1. The number of allylic oxidation sites excluding steroid dienone is 2. The van der Waals surface area contributed by atoms with Gasteiger partial charge in [0, 0.05) is 12.3 Å². The molecule has 0 amide bonds. The third kappa shape index (κ3) is 4.52. The summed E-state index contributed by atoms with van der Waals surface area (Å²) in [5, 5.41) is 0. The molecule has 0 bridgehead atoms. The minimum Gasteiger partial charge on any atom is -0.472 e. The van der Waals surface area contributed by atoms with E-state index in [0.717, 1.165) is 19.1 Å². The molecule has 100 valence electrons. The van der Waals surface area contributed by atoms with Crippen LogP contribution >= 0.6 is 0 Å². The van der Waals surface area contributed by atoms with Crippen LogP contribution in [0.2, 0.25) is 0 Å². The first-order chi connectivity index (χ1) is 8.61. The van der Waals surface area contributed by atoms with Gasteiger partial charge in [-0.05, 0) is 23.5 Å². The van der Waals surface area contributed by atoms with E-state index in [-0.39, 0.29) is 5.41 Å². The van der Waals surface area contributed by atoms with Crippen molar-refractivity contribution in [3.8, 4) is 0 Å². The van der Waals surface area contributed by atoms with Crippen LogP contribution in [0.5, 0.6) is 0 Å². The Hall–Kier alpha value is -1.31. The minimum absolute atomic E-state index is 0.00421. The molecule has 0 fully saturated rings. The van der Waals surface area contributed by atoms with Crippen molar-refractivity contribution in [2.45, 2.75) is 52.4 Å². The Morgan fingerprint density at radius 1 is 1.50 bits per heavy atom. The summed E-state index contributed by atoms with van der Waals surface area (Å²) in [5.74, 6) is 0.330. The first-order valence-corrected chi connectivity index (χ1v) is 6.76. The fourth-order valence-electron chi connectivity index (χ4n) is 2.05. The van der Waals surface area contributed by atoms with Crippen LogP contribution in [-0.4, -0.2) is 6.29 Å². The van der Waals surface area contributed by atoms with Crippen molar-refractivity contribution in [3.63, 3.8) is 0 Å². The van der Waals surface area contributed by atoms with E-state index in [1.165, 1.54) is 12.0 Å². The SMILES string of the molecule is CCCC[C@@](C)(/C=C/[C@@H](C)c1ccoc1)CC=O. The Morgan fingerprint density at radius 3 is 2.83 bits per heavy atom. The average Bonchev–Trinajstić information content (AvgIpc) is 2.88. The van der Waals surface area contributed by atoms with E-state index >= 15 is 0 Å². The normalized spacial score (nSPS) is 16.6. The fourth-order valence-corrected chi connectivity index (χ4v) is 2.05. The molecule has 0 aliphatic carbocycles. The minimum atomic E-state index is -0.00421. The van der Waals surface area contributed by atoms with Gasteiger partial charge in [0.1, 0.15) is 6.29 Å². The van der Waals surface area contributed by atoms with E-state index in [1.54, 1.807) is 12.5 Å². The molecule has 2 nitrogen and oxygen atoms in total. The second kappa shape index (κ2) is 7.20. The lowest BCUT2D eigenvalue weighted by molar-refractivity contribution is -0.109. The van der Waals surface area contributed by atoms with Crippen molar-refractivity contribution >= 4 is 6.29 Å². The van der Waals surface area contributed by atoms with E-state index < -0.39 is 0 Å². The van der Waals surface area contributed by atoms with E-state index in [4.69, 9.17) is 4.42 Å². The maximum absolute atomic E-state index is 10.8. The smallest absolute Gasteiger partial charge is 0.120 e. The van der Waals surface area contributed by atoms with Gasteiger partial charge in [-0.2, -0.15) is 0 Å². The zero-order chi connectivity index (χ0) is 13.4. The Balaban J connectivity index is 2.67. The van der Waals surface area contributed by atoms with Crippen LogP contribution in [-0.2, 0) is 4.79 Å². The first-order valence-electron chi connectivity index (χ1n) is 6.76. The molecular weight excluding hydrogens is 224 g/mol. The molecule has 0 aromatic carbocycles. The maximum Gasteiger partial charge on any atom is 0.120 e. The van der Waals surface area contributed by atoms with E-state index in [9.17, 15) is 4.79 Å². The van der Waals surface area contributed by atoms with E-state index in [2.05, 4.69) is 32.9 Å². The van der Waals surface area contributed by atoms with Crippen molar-refractivity contribution in [2.75, 3.05) is 0 Å². The Bertz CT molecular complexity index is 364. The number of rotatable bonds is 8. The summed E-state index contributed by atoms with van der Waals surface area (Å²) in [5.41, 5.74) is 1.17. The topological polar surface area (TPSA) is 30.2 Å². The van der Waals surface area contributed by atoms with Gasteiger partial charge in [-0.1, -0.05) is 45.8 Å². The average molecular weight is 248 g/mol. The van der Waals surface area contributed by atoms with Crippen molar-refractivity contribution in [3.05, 3.63) is 36.3 Å². The highest BCUT2D eigenvalue weighted by atomic mass is 16.3. The fraction of sp³-hybridized carbons (Fsp3) is 0.562. The number of aldehydes is 1. The van der Waals surface area contributed by atoms with Crippen LogP contribution in [0.15, 0.2) is 35.2 Å². The van der Waals surface area contributed by atoms with Gasteiger partial charge in [-0.25, -0.2) is 0 Å². The van der Waals surface area contributed by atoms with Gasteiger partial charge in [0.15, 0.2) is 0 Å². The lowest BCUT2D eigenvalue weighted by Gasteiger charge is -2.23. The summed E-state index contributed by atoms with van der Waals surface area (Å²) in [6.45, 7) is 6.48. The lowest BCUT2D eigenvalue weighted by atomic mass is 9.81. The van der Waals surface area contributed by atoms with Gasteiger partial charge in [-0.15, -0.1) is 0 Å². The monoisotopic (exact) mass is 248 g/mol. The molecule has 0 unspecified atom stereocenters. The molecule has 0 saturated carbocycles. The molecule has 1 rings (SSSR count). The van der Waals surface area contributed by atoms with Crippen LogP contribution in [0.4, 0.5) is 0 Å². The molecule has 0 aliphatic rings. The van der Waals surface area contributed by atoms with Crippen molar-refractivity contribution in [1.82, 2.24) is 0 Å². The standard InChI is InChI=1S/C16H24O2/c1-4-5-8-16(3,10-11-17)9-6-14(2)15-7-12-18-13-15/h6-7,9,11-14H,4-5,8,10H2,1-3H3/b9-6+/t14-,16+/m1/s1. The molecule has 2 atom stereocenters. The highest BCUT2D eigenvalue weighted by Gasteiger charge is 2.20. The highest BCUT2D eigenvalue weighted by molar-refractivity contribution is 5.51. The molecule has 0 saturated heterocycles. The predicted octanol–water partition coefficient (Wildman–Crippen LogP) is 4.72. The third-order valence-corrected chi connectivity index (χ3v) is 3.51. The number of hydrogen-bond acceptors (Lipinski definition) is 2. The summed E-state index contributed by atoms with van der Waals surface area (Å²) in [6.07, 6.45) is 12.9. The van der Waals surface area contributed by atoms with Crippen molar-refractivity contribution < 1.29 is 9.21 Å². The molecule has 0 N–H and O–H groups in total. The second-order valence-electron chi connectivity index (χ2n) is 5.33. The molecule has 1 aromatic rings. The zero-order valence-electron chi connectivity index (χ0n) is 11.7. The van der Waals surface area contributed by atoms with Crippen molar-refractivity contribution in [2.24, 2.45) is 5.41 Å². The molecule has 18 heavy (non-hydrogen) atoms. The number of hydrogen-bond donors (Lipinski definition) is 0. The molecule has 1 aromatic heterocycles.